The Balaban J connectivity index is 1.47. The Hall–Kier alpha value is -2.35. The van der Waals surface area contributed by atoms with Gasteiger partial charge in [0.2, 0.25) is 0 Å². The number of aryl methyl sites for hydroxylation is 1. The van der Waals surface area contributed by atoms with Crippen LogP contribution in [0.2, 0.25) is 0 Å². The molecule has 3 aromatic heterocycles. The highest BCUT2D eigenvalue weighted by Gasteiger charge is 2.13. The van der Waals surface area contributed by atoms with Crippen LogP contribution in [-0.2, 0) is 6.54 Å². The summed E-state index contributed by atoms with van der Waals surface area (Å²) >= 11 is 1.72. The Morgan fingerprint density at radius 1 is 1.15 bits per heavy atom. The lowest BCUT2D eigenvalue weighted by atomic mass is 10.3. The van der Waals surface area contributed by atoms with Gasteiger partial charge >= 0.3 is 0 Å². The molecule has 0 bridgehead atoms. The Kier molecular flexibility index (Phi) is 5.19. The summed E-state index contributed by atoms with van der Waals surface area (Å²) in [5.41, 5.74) is 2.10. The molecule has 2 N–H and O–H groups in total. The lowest BCUT2D eigenvalue weighted by molar-refractivity contribution is 0.233. The molecular weight excluding hydrogens is 344 g/mol. The molecule has 0 unspecified atom stereocenters. The summed E-state index contributed by atoms with van der Waals surface area (Å²) < 4.78 is 0. The Morgan fingerprint density at radius 3 is 2.88 bits per heavy atom. The van der Waals surface area contributed by atoms with E-state index < -0.39 is 0 Å². The van der Waals surface area contributed by atoms with Gasteiger partial charge in [0.05, 0.1) is 17.1 Å². The van der Waals surface area contributed by atoms with Crippen molar-refractivity contribution in [2.75, 3.05) is 31.5 Å². The van der Waals surface area contributed by atoms with Crippen molar-refractivity contribution in [1.82, 2.24) is 25.2 Å². The zero-order valence-corrected chi connectivity index (χ0v) is 15.6. The van der Waals surface area contributed by atoms with E-state index in [9.17, 15) is 0 Å². The highest BCUT2D eigenvalue weighted by molar-refractivity contribution is 7.15. The zero-order valence-electron chi connectivity index (χ0n) is 14.8. The molecule has 0 amide bonds. The summed E-state index contributed by atoms with van der Waals surface area (Å²) in [6, 6.07) is 9.97. The Morgan fingerprint density at radius 2 is 2.04 bits per heavy atom. The van der Waals surface area contributed by atoms with Crippen LogP contribution in [0.3, 0.4) is 0 Å². The van der Waals surface area contributed by atoms with Crippen LogP contribution in [0.25, 0.3) is 10.6 Å². The van der Waals surface area contributed by atoms with E-state index in [0.717, 1.165) is 59.9 Å². The quantitative estimate of drug-likeness (QED) is 0.723. The monoisotopic (exact) mass is 366 g/mol. The van der Waals surface area contributed by atoms with E-state index in [-0.39, 0.29) is 0 Å². The molecule has 0 saturated carbocycles. The van der Waals surface area contributed by atoms with E-state index in [2.05, 4.69) is 25.5 Å². The van der Waals surface area contributed by atoms with Gasteiger partial charge in [0, 0.05) is 38.6 Å². The van der Waals surface area contributed by atoms with Gasteiger partial charge in [-0.3, -0.25) is 4.90 Å². The summed E-state index contributed by atoms with van der Waals surface area (Å²) in [5, 5.41) is 7.80. The van der Waals surface area contributed by atoms with Crippen molar-refractivity contribution >= 4 is 23.0 Å². The molecule has 1 aliphatic heterocycles. The van der Waals surface area contributed by atoms with Crippen LogP contribution in [0.1, 0.15) is 10.6 Å². The molecule has 3 aromatic rings. The van der Waals surface area contributed by atoms with E-state index in [1.807, 2.05) is 43.5 Å². The van der Waals surface area contributed by atoms with Crippen molar-refractivity contribution in [3.05, 3.63) is 53.3 Å². The molecule has 0 spiro atoms. The van der Waals surface area contributed by atoms with E-state index in [1.54, 1.807) is 17.5 Å². The normalized spacial score (nSPS) is 15.1. The predicted molar refractivity (Wildman–Crippen MR) is 106 cm³/mol. The smallest absolute Gasteiger partial charge is 0.132 e. The maximum atomic E-state index is 4.72. The van der Waals surface area contributed by atoms with Crippen molar-refractivity contribution in [1.29, 1.82) is 0 Å². The minimum absolute atomic E-state index is 0.789. The summed E-state index contributed by atoms with van der Waals surface area (Å²) in [6.07, 6.45) is 3.73. The first-order valence-corrected chi connectivity index (χ1v) is 9.63. The maximum Gasteiger partial charge on any atom is 0.132 e. The fraction of sp³-hybridized carbons (Fsp3) is 0.316. The van der Waals surface area contributed by atoms with E-state index >= 15 is 0 Å². The molecule has 4 rings (SSSR count). The number of piperazine rings is 1. The topological polar surface area (TPSA) is 66.0 Å². The number of nitrogens with zero attached hydrogens (tertiary/aromatic N) is 4. The molecule has 0 atom stereocenters. The molecule has 0 radical (unpaired) electrons. The molecule has 1 aliphatic rings. The Labute approximate surface area is 157 Å². The van der Waals surface area contributed by atoms with Crippen LogP contribution in [0.5, 0.6) is 0 Å². The lowest BCUT2D eigenvalue weighted by Crippen LogP contribution is -2.42. The second kappa shape index (κ2) is 7.90. The van der Waals surface area contributed by atoms with Gasteiger partial charge in [0.1, 0.15) is 16.6 Å². The largest absolute Gasteiger partial charge is 0.325 e. The van der Waals surface area contributed by atoms with Crippen LogP contribution in [0.15, 0.2) is 42.7 Å². The van der Waals surface area contributed by atoms with Gasteiger partial charge in [-0.2, -0.15) is 0 Å². The standard InChI is InChI=1S/C19H22N6S/c1-14-5-6-21-18(11-14)24-17-4-2-3-15(23-17)16-12-22-19(26-16)13-25-9-7-20-8-10-25/h2-6,11-12,20H,7-10,13H2,1H3,(H,21,23,24). The number of anilines is 2. The molecule has 0 aliphatic carbocycles. The second-order valence-corrected chi connectivity index (χ2v) is 7.51. The second-order valence-electron chi connectivity index (χ2n) is 6.40. The molecule has 7 heteroatoms. The van der Waals surface area contributed by atoms with Crippen LogP contribution in [0, 0.1) is 6.92 Å². The van der Waals surface area contributed by atoms with Crippen molar-refractivity contribution in [2.45, 2.75) is 13.5 Å². The third kappa shape index (κ3) is 4.24. The van der Waals surface area contributed by atoms with Gasteiger partial charge < -0.3 is 10.6 Å². The first kappa shape index (κ1) is 17.1. The third-order valence-corrected chi connectivity index (χ3v) is 5.30. The number of hydrogen-bond donors (Lipinski definition) is 2. The summed E-state index contributed by atoms with van der Waals surface area (Å²) in [4.78, 5) is 17.2. The van der Waals surface area contributed by atoms with Crippen LogP contribution in [0.4, 0.5) is 11.6 Å². The minimum atomic E-state index is 0.789. The lowest BCUT2D eigenvalue weighted by Gasteiger charge is -2.26. The van der Waals surface area contributed by atoms with E-state index in [4.69, 9.17) is 4.98 Å². The molecular formula is C19H22N6S. The first-order chi connectivity index (χ1) is 12.8. The van der Waals surface area contributed by atoms with Crippen molar-refractivity contribution < 1.29 is 0 Å². The molecule has 0 aromatic carbocycles. The first-order valence-electron chi connectivity index (χ1n) is 8.81. The average Bonchev–Trinajstić information content (AvgIpc) is 3.11. The van der Waals surface area contributed by atoms with Crippen LogP contribution < -0.4 is 10.6 Å². The summed E-state index contributed by atoms with van der Waals surface area (Å²) in [5.74, 6) is 1.59. The highest BCUT2D eigenvalue weighted by Crippen LogP contribution is 2.27. The van der Waals surface area contributed by atoms with Gasteiger partial charge in [-0.25, -0.2) is 15.0 Å². The van der Waals surface area contributed by atoms with Crippen LogP contribution >= 0.6 is 11.3 Å². The maximum absolute atomic E-state index is 4.72. The van der Waals surface area contributed by atoms with Gasteiger partial charge in [-0.05, 0) is 36.8 Å². The fourth-order valence-corrected chi connectivity index (χ4v) is 3.87. The SMILES string of the molecule is Cc1ccnc(Nc2cccc(-c3cnc(CN4CCNCC4)s3)n2)c1. The molecule has 4 heterocycles. The average molecular weight is 366 g/mol. The predicted octanol–water partition coefficient (Wildman–Crippen LogP) is 3.06. The summed E-state index contributed by atoms with van der Waals surface area (Å²) in [6.45, 7) is 7.23. The number of rotatable bonds is 5. The number of nitrogens with one attached hydrogen (secondary N) is 2. The molecule has 6 nitrogen and oxygen atoms in total. The van der Waals surface area contributed by atoms with Crippen molar-refractivity contribution in [3.63, 3.8) is 0 Å². The fourth-order valence-electron chi connectivity index (χ4n) is 2.94. The summed E-state index contributed by atoms with van der Waals surface area (Å²) in [7, 11) is 0. The molecule has 1 saturated heterocycles. The van der Waals surface area contributed by atoms with Gasteiger partial charge in [-0.15, -0.1) is 11.3 Å². The number of pyridine rings is 2. The van der Waals surface area contributed by atoms with Crippen molar-refractivity contribution in [2.24, 2.45) is 0 Å². The molecule has 1 fully saturated rings. The Bertz CT molecular complexity index is 872. The van der Waals surface area contributed by atoms with E-state index in [1.165, 1.54) is 5.56 Å². The minimum Gasteiger partial charge on any atom is -0.325 e. The highest BCUT2D eigenvalue weighted by atomic mass is 32.1. The van der Waals surface area contributed by atoms with Gasteiger partial charge in [0.15, 0.2) is 0 Å². The number of aromatic nitrogens is 3. The molecule has 134 valence electrons. The van der Waals surface area contributed by atoms with Crippen molar-refractivity contribution in [3.8, 4) is 10.6 Å². The number of thiazole rings is 1. The third-order valence-electron chi connectivity index (χ3n) is 4.30. The van der Waals surface area contributed by atoms with E-state index in [0.29, 0.717) is 0 Å². The molecule has 26 heavy (non-hydrogen) atoms. The van der Waals surface area contributed by atoms with Gasteiger partial charge in [0.25, 0.3) is 0 Å². The number of hydrogen-bond acceptors (Lipinski definition) is 7. The van der Waals surface area contributed by atoms with Crippen LogP contribution in [-0.4, -0.2) is 46.0 Å². The zero-order chi connectivity index (χ0) is 17.8. The van der Waals surface area contributed by atoms with Gasteiger partial charge in [-0.1, -0.05) is 6.07 Å².